The zero-order chi connectivity index (χ0) is 15.6. The standard InChI is InChI=1S/C11H12N2O7S/c1-21(17,18)20-10(9-6-19-11(14)12-9)7-2-4-8(5-3-7)13(15)16/h2-5,9-10H,6H2,1H3,(H,12,14)/t9-,10-/m1/s1. The summed E-state index contributed by atoms with van der Waals surface area (Å²) in [6, 6.07) is 4.50. The van der Waals surface area contributed by atoms with Crippen molar-refractivity contribution in [1.82, 2.24) is 5.32 Å². The van der Waals surface area contributed by atoms with Crippen LogP contribution in [-0.4, -0.2) is 38.3 Å². The van der Waals surface area contributed by atoms with E-state index in [9.17, 15) is 23.3 Å². The smallest absolute Gasteiger partial charge is 0.407 e. The van der Waals surface area contributed by atoms with Crippen LogP contribution in [0.1, 0.15) is 11.7 Å². The number of carbonyl (C=O) groups is 1. The molecule has 1 N–H and O–H groups in total. The molecule has 0 saturated carbocycles. The van der Waals surface area contributed by atoms with Crippen molar-refractivity contribution in [2.24, 2.45) is 0 Å². The monoisotopic (exact) mass is 316 g/mol. The first-order valence-electron chi connectivity index (χ1n) is 5.82. The summed E-state index contributed by atoms with van der Waals surface area (Å²) in [7, 11) is -3.79. The van der Waals surface area contributed by atoms with Crippen LogP contribution in [0.25, 0.3) is 0 Å². The number of non-ortho nitro benzene ring substituents is 1. The van der Waals surface area contributed by atoms with Crippen molar-refractivity contribution in [2.45, 2.75) is 12.1 Å². The molecule has 1 aromatic carbocycles. The molecule has 0 aromatic heterocycles. The second-order valence-electron chi connectivity index (χ2n) is 4.42. The molecule has 2 atom stereocenters. The number of hydrogen-bond donors (Lipinski definition) is 1. The highest BCUT2D eigenvalue weighted by atomic mass is 32.2. The maximum atomic E-state index is 11.3. The lowest BCUT2D eigenvalue weighted by Crippen LogP contribution is -2.35. The van der Waals surface area contributed by atoms with Crippen LogP contribution in [0.2, 0.25) is 0 Å². The average molecular weight is 316 g/mol. The Morgan fingerprint density at radius 1 is 1.43 bits per heavy atom. The summed E-state index contributed by atoms with van der Waals surface area (Å²) in [5.74, 6) is 0. The maximum Gasteiger partial charge on any atom is 0.407 e. The first kappa shape index (κ1) is 15.2. The molecular weight excluding hydrogens is 304 g/mol. The van der Waals surface area contributed by atoms with Gasteiger partial charge in [0.25, 0.3) is 15.8 Å². The van der Waals surface area contributed by atoms with Crippen LogP contribution in [0.4, 0.5) is 10.5 Å². The van der Waals surface area contributed by atoms with Crippen LogP contribution >= 0.6 is 0 Å². The Bertz CT molecular complexity index is 656. The van der Waals surface area contributed by atoms with E-state index in [-0.39, 0.29) is 12.3 Å². The Morgan fingerprint density at radius 3 is 2.48 bits per heavy atom. The first-order chi connectivity index (χ1) is 9.76. The second-order valence-corrected chi connectivity index (χ2v) is 6.02. The summed E-state index contributed by atoms with van der Waals surface area (Å²) >= 11 is 0. The van der Waals surface area contributed by atoms with Crippen molar-refractivity contribution < 1.29 is 27.1 Å². The van der Waals surface area contributed by atoms with Gasteiger partial charge >= 0.3 is 6.09 Å². The lowest BCUT2D eigenvalue weighted by Gasteiger charge is -2.21. The van der Waals surface area contributed by atoms with E-state index in [1.807, 2.05) is 0 Å². The van der Waals surface area contributed by atoms with Gasteiger partial charge in [-0.2, -0.15) is 8.42 Å². The van der Waals surface area contributed by atoms with Gasteiger partial charge in [0.2, 0.25) is 0 Å². The van der Waals surface area contributed by atoms with Crippen LogP contribution in [0.15, 0.2) is 24.3 Å². The average Bonchev–Trinajstić information content (AvgIpc) is 2.81. The molecule has 1 heterocycles. The molecule has 0 bridgehead atoms. The summed E-state index contributed by atoms with van der Waals surface area (Å²) in [6.45, 7) is -0.0595. The molecular formula is C11H12N2O7S. The lowest BCUT2D eigenvalue weighted by molar-refractivity contribution is -0.384. The minimum Gasteiger partial charge on any atom is -0.447 e. The molecule has 0 unspecified atom stereocenters. The SMILES string of the molecule is CS(=O)(=O)O[C@H](c1ccc([N+](=O)[O-])cc1)[C@H]1COC(=O)N1. The predicted molar refractivity (Wildman–Crippen MR) is 70.0 cm³/mol. The first-order valence-corrected chi connectivity index (χ1v) is 7.64. The summed E-state index contributed by atoms with van der Waals surface area (Å²) < 4.78 is 32.4. The number of nitrogens with one attached hydrogen (secondary N) is 1. The Labute approximate surface area is 120 Å². The van der Waals surface area contributed by atoms with Crippen LogP contribution in [0, 0.1) is 10.1 Å². The number of hydrogen-bond acceptors (Lipinski definition) is 7. The Balaban J connectivity index is 2.30. The molecule has 1 aromatic rings. The maximum absolute atomic E-state index is 11.3. The highest BCUT2D eigenvalue weighted by Crippen LogP contribution is 2.27. The van der Waals surface area contributed by atoms with Crippen LogP contribution < -0.4 is 5.32 Å². The molecule has 114 valence electrons. The number of nitro groups is 1. The number of nitrogens with zero attached hydrogens (tertiary/aromatic N) is 1. The van der Waals surface area contributed by atoms with Crippen molar-refractivity contribution in [3.8, 4) is 0 Å². The van der Waals surface area contributed by atoms with Gasteiger partial charge in [-0.1, -0.05) is 0 Å². The number of amides is 1. The largest absolute Gasteiger partial charge is 0.447 e. The molecule has 1 aliphatic rings. The fraction of sp³-hybridized carbons (Fsp3) is 0.364. The fourth-order valence-electron chi connectivity index (χ4n) is 1.89. The van der Waals surface area contributed by atoms with Crippen molar-refractivity contribution >= 4 is 21.9 Å². The third-order valence-electron chi connectivity index (χ3n) is 2.77. The normalized spacial score (nSPS) is 19.7. The number of benzene rings is 1. The van der Waals surface area contributed by atoms with Gasteiger partial charge in [0.15, 0.2) is 0 Å². The Hall–Kier alpha value is -2.20. The van der Waals surface area contributed by atoms with E-state index < -0.39 is 33.3 Å². The molecule has 21 heavy (non-hydrogen) atoms. The molecule has 1 aliphatic heterocycles. The van der Waals surface area contributed by atoms with Gasteiger partial charge in [-0.25, -0.2) is 4.79 Å². The zero-order valence-electron chi connectivity index (χ0n) is 10.9. The van der Waals surface area contributed by atoms with Gasteiger partial charge in [0.05, 0.1) is 17.2 Å². The highest BCUT2D eigenvalue weighted by molar-refractivity contribution is 7.86. The number of nitro benzene ring substituents is 1. The molecule has 9 nitrogen and oxygen atoms in total. The topological polar surface area (TPSA) is 125 Å². The van der Waals surface area contributed by atoms with Gasteiger partial charge in [0.1, 0.15) is 12.7 Å². The predicted octanol–water partition coefficient (Wildman–Crippen LogP) is 0.720. The van der Waals surface area contributed by atoms with Crippen LogP contribution in [0.3, 0.4) is 0 Å². The zero-order valence-corrected chi connectivity index (χ0v) is 11.7. The number of alkyl carbamates (subject to hydrolysis) is 1. The third kappa shape index (κ3) is 3.89. The number of cyclic esters (lactones) is 1. The molecule has 0 aliphatic carbocycles. The van der Waals surface area contributed by atoms with Crippen molar-refractivity contribution in [3.05, 3.63) is 39.9 Å². The van der Waals surface area contributed by atoms with Crippen molar-refractivity contribution in [1.29, 1.82) is 0 Å². The minimum atomic E-state index is -3.79. The summed E-state index contributed by atoms with van der Waals surface area (Å²) in [5, 5.41) is 13.0. The minimum absolute atomic E-state index is 0.0595. The quantitative estimate of drug-likeness (QED) is 0.482. The highest BCUT2D eigenvalue weighted by Gasteiger charge is 2.34. The van der Waals surface area contributed by atoms with E-state index in [1.165, 1.54) is 24.3 Å². The lowest BCUT2D eigenvalue weighted by atomic mass is 10.0. The van der Waals surface area contributed by atoms with E-state index in [0.717, 1.165) is 6.26 Å². The van der Waals surface area contributed by atoms with Gasteiger partial charge in [-0.3, -0.25) is 14.3 Å². The molecule has 1 saturated heterocycles. The second kappa shape index (κ2) is 5.66. The molecule has 0 radical (unpaired) electrons. The number of ether oxygens (including phenoxy) is 1. The summed E-state index contributed by atoms with van der Waals surface area (Å²) in [5.41, 5.74) is 0.241. The molecule has 2 rings (SSSR count). The van der Waals surface area contributed by atoms with Crippen LogP contribution in [-0.2, 0) is 19.0 Å². The van der Waals surface area contributed by atoms with E-state index in [1.54, 1.807) is 0 Å². The molecule has 0 spiro atoms. The van der Waals surface area contributed by atoms with Gasteiger partial charge < -0.3 is 10.1 Å². The van der Waals surface area contributed by atoms with Crippen molar-refractivity contribution in [2.75, 3.05) is 12.9 Å². The van der Waals surface area contributed by atoms with Gasteiger partial charge in [-0.15, -0.1) is 0 Å². The Kier molecular flexibility index (Phi) is 4.09. The molecule has 1 fully saturated rings. The Morgan fingerprint density at radius 2 is 2.05 bits per heavy atom. The third-order valence-corrected chi connectivity index (χ3v) is 3.33. The number of rotatable bonds is 5. The van der Waals surface area contributed by atoms with E-state index in [4.69, 9.17) is 8.92 Å². The number of carbonyl (C=O) groups excluding carboxylic acids is 1. The summed E-state index contributed by atoms with van der Waals surface area (Å²) in [6.07, 6.45) is -0.820. The van der Waals surface area contributed by atoms with E-state index in [0.29, 0.717) is 5.56 Å². The van der Waals surface area contributed by atoms with Gasteiger partial charge in [-0.05, 0) is 17.7 Å². The van der Waals surface area contributed by atoms with Crippen molar-refractivity contribution in [3.63, 3.8) is 0 Å². The molecule has 10 heteroatoms. The molecule has 1 amide bonds. The van der Waals surface area contributed by atoms with E-state index >= 15 is 0 Å². The van der Waals surface area contributed by atoms with E-state index in [2.05, 4.69) is 5.32 Å². The fourth-order valence-corrected chi connectivity index (χ4v) is 2.51. The van der Waals surface area contributed by atoms with Gasteiger partial charge in [0, 0.05) is 12.1 Å². The van der Waals surface area contributed by atoms with Crippen LogP contribution in [0.5, 0.6) is 0 Å². The summed E-state index contributed by atoms with van der Waals surface area (Å²) in [4.78, 5) is 21.1.